The SMILES string of the molecule is CCCCOc1ccc(C(=O)OCC(=O)Nc2sccc2C(N)=O)cc1. The van der Waals surface area contributed by atoms with Crippen molar-refractivity contribution in [3.8, 4) is 5.75 Å². The van der Waals surface area contributed by atoms with Crippen LogP contribution in [0.4, 0.5) is 5.00 Å². The van der Waals surface area contributed by atoms with Crippen molar-refractivity contribution >= 4 is 34.1 Å². The Hall–Kier alpha value is -2.87. The van der Waals surface area contributed by atoms with Crippen LogP contribution in [0.3, 0.4) is 0 Å². The summed E-state index contributed by atoms with van der Waals surface area (Å²) in [4.78, 5) is 35.1. The number of carbonyl (C=O) groups is 3. The van der Waals surface area contributed by atoms with Gasteiger partial charge in [0.2, 0.25) is 0 Å². The van der Waals surface area contributed by atoms with Crippen molar-refractivity contribution in [3.63, 3.8) is 0 Å². The Balaban J connectivity index is 1.83. The molecule has 1 heterocycles. The summed E-state index contributed by atoms with van der Waals surface area (Å²) in [6, 6.07) is 8.02. The van der Waals surface area contributed by atoms with E-state index in [2.05, 4.69) is 12.2 Å². The first kappa shape index (κ1) is 19.5. The minimum atomic E-state index is -0.639. The third-order valence-electron chi connectivity index (χ3n) is 3.37. The van der Waals surface area contributed by atoms with Gasteiger partial charge in [-0.15, -0.1) is 11.3 Å². The Morgan fingerprint density at radius 1 is 1.15 bits per heavy atom. The van der Waals surface area contributed by atoms with Gasteiger partial charge in [-0.05, 0) is 42.1 Å². The number of amides is 2. The molecule has 0 atom stereocenters. The molecule has 8 heteroatoms. The van der Waals surface area contributed by atoms with E-state index in [0.717, 1.165) is 24.2 Å². The molecule has 1 aromatic heterocycles. The third-order valence-corrected chi connectivity index (χ3v) is 4.20. The second-order valence-electron chi connectivity index (χ2n) is 5.38. The van der Waals surface area contributed by atoms with E-state index in [4.69, 9.17) is 15.2 Å². The second kappa shape index (κ2) is 9.57. The predicted octanol–water partition coefficient (Wildman–Crippen LogP) is 2.82. The fourth-order valence-corrected chi connectivity index (χ4v) is 2.81. The smallest absolute Gasteiger partial charge is 0.338 e. The Bertz CT molecular complexity index is 770. The fourth-order valence-electron chi connectivity index (χ4n) is 2.00. The van der Waals surface area contributed by atoms with Crippen LogP contribution in [0.25, 0.3) is 0 Å². The van der Waals surface area contributed by atoms with Gasteiger partial charge in [-0.2, -0.15) is 0 Å². The molecule has 26 heavy (non-hydrogen) atoms. The standard InChI is InChI=1S/C18H20N2O5S/c1-2-3-9-24-13-6-4-12(5-7-13)18(23)25-11-15(21)20-17-14(16(19)22)8-10-26-17/h4-8,10H,2-3,9,11H2,1H3,(H2,19,22)(H,20,21). The number of hydrogen-bond donors (Lipinski definition) is 2. The maximum atomic E-state index is 12.0. The largest absolute Gasteiger partial charge is 0.494 e. The number of benzene rings is 1. The zero-order valence-corrected chi connectivity index (χ0v) is 15.1. The number of unbranched alkanes of at least 4 members (excludes halogenated alkanes) is 1. The molecule has 0 saturated carbocycles. The lowest BCUT2D eigenvalue weighted by Gasteiger charge is -2.08. The van der Waals surface area contributed by atoms with Gasteiger partial charge in [0.1, 0.15) is 10.8 Å². The van der Waals surface area contributed by atoms with Crippen molar-refractivity contribution in [1.29, 1.82) is 0 Å². The Labute approximate surface area is 155 Å². The van der Waals surface area contributed by atoms with Gasteiger partial charge < -0.3 is 20.5 Å². The van der Waals surface area contributed by atoms with Gasteiger partial charge >= 0.3 is 5.97 Å². The molecule has 0 fully saturated rings. The first-order valence-electron chi connectivity index (χ1n) is 8.08. The quantitative estimate of drug-likeness (QED) is 0.517. The van der Waals surface area contributed by atoms with Gasteiger partial charge in [-0.25, -0.2) is 4.79 Å². The van der Waals surface area contributed by atoms with Crippen molar-refractivity contribution in [3.05, 3.63) is 46.8 Å². The number of primary amides is 1. The molecule has 0 saturated heterocycles. The number of thiophene rings is 1. The van der Waals surface area contributed by atoms with Crippen LogP contribution in [-0.2, 0) is 9.53 Å². The van der Waals surface area contributed by atoms with E-state index in [0.29, 0.717) is 22.9 Å². The summed E-state index contributed by atoms with van der Waals surface area (Å²) in [6.45, 7) is 2.23. The molecule has 0 bridgehead atoms. The topological polar surface area (TPSA) is 108 Å². The Morgan fingerprint density at radius 3 is 2.54 bits per heavy atom. The van der Waals surface area contributed by atoms with E-state index >= 15 is 0 Å². The van der Waals surface area contributed by atoms with Crippen LogP contribution in [0.1, 0.15) is 40.5 Å². The summed E-state index contributed by atoms with van der Waals surface area (Å²) in [7, 11) is 0. The average Bonchev–Trinajstić information content (AvgIpc) is 3.09. The van der Waals surface area contributed by atoms with E-state index in [1.54, 1.807) is 29.6 Å². The first-order chi connectivity index (χ1) is 12.5. The van der Waals surface area contributed by atoms with Crippen LogP contribution in [0.15, 0.2) is 35.7 Å². The highest BCUT2D eigenvalue weighted by Crippen LogP contribution is 2.22. The van der Waals surface area contributed by atoms with Crippen molar-refractivity contribution in [2.75, 3.05) is 18.5 Å². The monoisotopic (exact) mass is 376 g/mol. The van der Waals surface area contributed by atoms with Gasteiger partial charge in [0.05, 0.1) is 17.7 Å². The normalized spacial score (nSPS) is 10.2. The van der Waals surface area contributed by atoms with Crippen LogP contribution in [0.5, 0.6) is 5.75 Å². The molecule has 0 aliphatic rings. The second-order valence-corrected chi connectivity index (χ2v) is 6.29. The number of anilines is 1. The molecular formula is C18H20N2O5S. The van der Waals surface area contributed by atoms with Gasteiger partial charge in [0, 0.05) is 0 Å². The zero-order chi connectivity index (χ0) is 18.9. The van der Waals surface area contributed by atoms with Gasteiger partial charge in [0.15, 0.2) is 6.61 Å². The van der Waals surface area contributed by atoms with Crippen LogP contribution >= 0.6 is 11.3 Å². The van der Waals surface area contributed by atoms with Crippen molar-refractivity contribution in [2.45, 2.75) is 19.8 Å². The van der Waals surface area contributed by atoms with Crippen molar-refractivity contribution in [2.24, 2.45) is 5.73 Å². The number of hydrogen-bond acceptors (Lipinski definition) is 6. The lowest BCUT2D eigenvalue weighted by molar-refractivity contribution is -0.119. The molecule has 0 unspecified atom stereocenters. The van der Waals surface area contributed by atoms with Crippen molar-refractivity contribution in [1.82, 2.24) is 0 Å². The number of esters is 1. The molecular weight excluding hydrogens is 356 g/mol. The molecule has 2 amide bonds. The van der Waals surface area contributed by atoms with Crippen LogP contribution < -0.4 is 15.8 Å². The van der Waals surface area contributed by atoms with E-state index < -0.39 is 24.4 Å². The maximum absolute atomic E-state index is 12.0. The maximum Gasteiger partial charge on any atom is 0.338 e. The van der Waals surface area contributed by atoms with E-state index in [1.165, 1.54) is 6.07 Å². The molecule has 7 nitrogen and oxygen atoms in total. The van der Waals surface area contributed by atoms with Crippen LogP contribution in [0, 0.1) is 0 Å². The molecule has 2 rings (SSSR count). The van der Waals surface area contributed by atoms with E-state index in [-0.39, 0.29) is 5.56 Å². The van der Waals surface area contributed by atoms with Gasteiger partial charge in [-0.3, -0.25) is 9.59 Å². The predicted molar refractivity (Wildman–Crippen MR) is 98.6 cm³/mol. The fraction of sp³-hybridized carbons (Fsp3) is 0.278. The lowest BCUT2D eigenvalue weighted by atomic mass is 10.2. The molecule has 0 radical (unpaired) electrons. The Kier molecular flexibility index (Phi) is 7.16. The average molecular weight is 376 g/mol. The highest BCUT2D eigenvalue weighted by molar-refractivity contribution is 7.14. The molecule has 0 spiro atoms. The summed E-state index contributed by atoms with van der Waals surface area (Å²) >= 11 is 1.16. The van der Waals surface area contributed by atoms with Gasteiger partial charge in [0.25, 0.3) is 11.8 Å². The van der Waals surface area contributed by atoms with Crippen LogP contribution in [0.2, 0.25) is 0 Å². The molecule has 0 aliphatic heterocycles. The van der Waals surface area contributed by atoms with Crippen LogP contribution in [-0.4, -0.2) is 31.0 Å². The molecule has 0 aliphatic carbocycles. The number of ether oxygens (including phenoxy) is 2. The number of nitrogens with two attached hydrogens (primary N) is 1. The zero-order valence-electron chi connectivity index (χ0n) is 14.3. The number of carbonyl (C=O) groups excluding carboxylic acids is 3. The molecule has 138 valence electrons. The summed E-state index contributed by atoms with van der Waals surface area (Å²) in [5, 5.41) is 4.45. The third kappa shape index (κ3) is 5.59. The number of nitrogens with one attached hydrogen (secondary N) is 1. The lowest BCUT2D eigenvalue weighted by Crippen LogP contribution is -2.22. The highest BCUT2D eigenvalue weighted by atomic mass is 32.1. The van der Waals surface area contributed by atoms with Gasteiger partial charge in [-0.1, -0.05) is 13.3 Å². The van der Waals surface area contributed by atoms with E-state index in [1.807, 2.05) is 0 Å². The van der Waals surface area contributed by atoms with E-state index in [9.17, 15) is 14.4 Å². The minimum Gasteiger partial charge on any atom is -0.494 e. The summed E-state index contributed by atoms with van der Waals surface area (Å²) < 4.78 is 10.5. The summed E-state index contributed by atoms with van der Waals surface area (Å²) in [5.74, 6) is -1.14. The van der Waals surface area contributed by atoms with Crippen molar-refractivity contribution < 1.29 is 23.9 Å². The molecule has 3 N–H and O–H groups in total. The summed E-state index contributed by atoms with van der Waals surface area (Å²) in [5.41, 5.74) is 5.73. The number of rotatable bonds is 9. The summed E-state index contributed by atoms with van der Waals surface area (Å²) in [6.07, 6.45) is 2.00. The highest BCUT2D eigenvalue weighted by Gasteiger charge is 2.14. The minimum absolute atomic E-state index is 0.216. The molecule has 2 aromatic rings. The first-order valence-corrected chi connectivity index (χ1v) is 8.96. The molecule has 1 aromatic carbocycles. The Morgan fingerprint density at radius 2 is 1.88 bits per heavy atom.